The molecule has 0 aliphatic carbocycles. The summed E-state index contributed by atoms with van der Waals surface area (Å²) in [7, 11) is 1.55. The largest absolute Gasteiger partial charge is 0.493 e. The van der Waals surface area contributed by atoms with E-state index in [2.05, 4.69) is 37.2 Å². The molecule has 0 spiro atoms. The first-order valence-electron chi connectivity index (χ1n) is 9.74. The number of aryl methyl sites for hydroxylation is 1. The third-order valence-corrected chi connectivity index (χ3v) is 6.10. The van der Waals surface area contributed by atoms with E-state index in [-0.39, 0.29) is 5.57 Å². The first-order chi connectivity index (χ1) is 15.8. The number of anilines is 1. The Hall–Kier alpha value is -2.79. The van der Waals surface area contributed by atoms with E-state index in [1.165, 1.54) is 6.08 Å². The van der Waals surface area contributed by atoms with E-state index in [4.69, 9.17) is 21.1 Å². The number of hydrogen-bond acceptors (Lipinski definition) is 4. The molecular formula is C25H19Br2ClN2O3. The summed E-state index contributed by atoms with van der Waals surface area (Å²) in [6, 6.07) is 18.2. The quantitative estimate of drug-likeness (QED) is 0.231. The summed E-state index contributed by atoms with van der Waals surface area (Å²) in [5, 5.41) is 13.0. The van der Waals surface area contributed by atoms with Crippen molar-refractivity contribution >= 4 is 61.1 Å². The highest BCUT2D eigenvalue weighted by Crippen LogP contribution is 2.33. The van der Waals surface area contributed by atoms with Crippen LogP contribution in [0.15, 0.2) is 69.1 Å². The Labute approximate surface area is 214 Å². The van der Waals surface area contributed by atoms with Crippen molar-refractivity contribution in [2.75, 3.05) is 12.4 Å². The van der Waals surface area contributed by atoms with Gasteiger partial charge < -0.3 is 14.8 Å². The van der Waals surface area contributed by atoms with Gasteiger partial charge in [-0.2, -0.15) is 5.26 Å². The van der Waals surface area contributed by atoms with Crippen LogP contribution in [0, 0.1) is 18.3 Å². The standard InChI is InChI=1S/C25H19Br2ClN2O3/c1-15-9-20(26)24(21(27)10-15)30-25(31)18(13-29)11-17-5-8-22(32-2)23(12-17)33-14-16-3-6-19(28)7-4-16/h3-12H,14H2,1-2H3,(H,30,31)/b18-11+. The van der Waals surface area contributed by atoms with Crippen molar-refractivity contribution in [2.24, 2.45) is 0 Å². The van der Waals surface area contributed by atoms with E-state index in [1.54, 1.807) is 37.4 Å². The van der Waals surface area contributed by atoms with Crippen LogP contribution in [0.2, 0.25) is 5.02 Å². The van der Waals surface area contributed by atoms with Gasteiger partial charge >= 0.3 is 0 Å². The molecule has 5 nitrogen and oxygen atoms in total. The van der Waals surface area contributed by atoms with Crippen LogP contribution < -0.4 is 14.8 Å². The molecule has 8 heteroatoms. The number of halogens is 3. The Morgan fingerprint density at radius 1 is 1.09 bits per heavy atom. The fraction of sp³-hybridized carbons (Fsp3) is 0.120. The minimum absolute atomic E-state index is 0.0526. The third-order valence-electron chi connectivity index (χ3n) is 4.60. The van der Waals surface area contributed by atoms with Crippen molar-refractivity contribution in [3.8, 4) is 17.6 Å². The molecule has 0 fully saturated rings. The van der Waals surface area contributed by atoms with E-state index in [9.17, 15) is 10.1 Å². The molecule has 0 aliphatic rings. The summed E-state index contributed by atoms with van der Waals surface area (Å²) in [4.78, 5) is 12.8. The summed E-state index contributed by atoms with van der Waals surface area (Å²) in [6.45, 7) is 2.25. The maximum Gasteiger partial charge on any atom is 0.266 e. The average Bonchev–Trinajstić information content (AvgIpc) is 2.79. The smallest absolute Gasteiger partial charge is 0.266 e. The van der Waals surface area contributed by atoms with E-state index in [1.807, 2.05) is 37.3 Å². The molecule has 0 unspecified atom stereocenters. The predicted octanol–water partition coefficient (Wildman–Crippen LogP) is 7.31. The molecule has 3 aromatic rings. The highest BCUT2D eigenvalue weighted by molar-refractivity contribution is 9.11. The van der Waals surface area contributed by atoms with Crippen molar-refractivity contribution in [3.05, 3.63) is 90.8 Å². The predicted molar refractivity (Wildman–Crippen MR) is 138 cm³/mol. The number of methoxy groups -OCH3 is 1. The second-order valence-electron chi connectivity index (χ2n) is 7.05. The van der Waals surface area contributed by atoms with Gasteiger partial charge in [0.15, 0.2) is 11.5 Å². The average molecular weight is 591 g/mol. The minimum Gasteiger partial charge on any atom is -0.493 e. The third kappa shape index (κ3) is 6.61. The monoisotopic (exact) mass is 588 g/mol. The second kappa shape index (κ2) is 11.4. The van der Waals surface area contributed by atoms with Crippen molar-refractivity contribution in [3.63, 3.8) is 0 Å². The van der Waals surface area contributed by atoms with Crippen LogP contribution in [-0.4, -0.2) is 13.0 Å². The van der Waals surface area contributed by atoms with Crippen LogP contribution in [0.5, 0.6) is 11.5 Å². The van der Waals surface area contributed by atoms with Crippen molar-refractivity contribution < 1.29 is 14.3 Å². The molecule has 0 heterocycles. The molecule has 3 rings (SSSR count). The normalized spacial score (nSPS) is 11.0. The van der Waals surface area contributed by atoms with Crippen molar-refractivity contribution in [2.45, 2.75) is 13.5 Å². The number of amides is 1. The topological polar surface area (TPSA) is 71.3 Å². The summed E-state index contributed by atoms with van der Waals surface area (Å²) in [5.41, 5.74) is 3.08. The summed E-state index contributed by atoms with van der Waals surface area (Å²) >= 11 is 12.8. The zero-order chi connectivity index (χ0) is 24.0. The molecule has 0 aliphatic heterocycles. The van der Waals surface area contributed by atoms with E-state index >= 15 is 0 Å². The van der Waals surface area contributed by atoms with Gasteiger partial charge in [0.1, 0.15) is 18.2 Å². The van der Waals surface area contributed by atoms with Crippen LogP contribution in [0.3, 0.4) is 0 Å². The highest BCUT2D eigenvalue weighted by Gasteiger charge is 2.15. The molecule has 0 aromatic heterocycles. The number of nitriles is 1. The lowest BCUT2D eigenvalue weighted by Crippen LogP contribution is -2.14. The molecule has 0 radical (unpaired) electrons. The van der Waals surface area contributed by atoms with E-state index in [0.29, 0.717) is 43.3 Å². The number of rotatable bonds is 7. The summed E-state index contributed by atoms with van der Waals surface area (Å²) < 4.78 is 12.7. The van der Waals surface area contributed by atoms with Gasteiger partial charge in [0.2, 0.25) is 0 Å². The Kier molecular flexibility index (Phi) is 8.56. The van der Waals surface area contributed by atoms with Crippen LogP contribution in [0.25, 0.3) is 6.08 Å². The van der Waals surface area contributed by atoms with Gasteiger partial charge in [-0.15, -0.1) is 0 Å². The number of nitrogens with zero attached hydrogens (tertiary/aromatic N) is 1. The Morgan fingerprint density at radius 3 is 2.36 bits per heavy atom. The number of carbonyl (C=O) groups is 1. The van der Waals surface area contributed by atoms with E-state index in [0.717, 1.165) is 11.1 Å². The van der Waals surface area contributed by atoms with Gasteiger partial charge in [-0.25, -0.2) is 0 Å². The molecule has 0 saturated carbocycles. The number of ether oxygens (including phenoxy) is 2. The maximum absolute atomic E-state index is 12.8. The minimum atomic E-state index is -0.526. The number of nitrogens with one attached hydrogen (secondary N) is 1. The molecule has 0 atom stereocenters. The number of benzene rings is 3. The van der Waals surface area contributed by atoms with Crippen LogP contribution in [0.4, 0.5) is 5.69 Å². The molecule has 1 N–H and O–H groups in total. The summed E-state index contributed by atoms with van der Waals surface area (Å²) in [6.07, 6.45) is 1.50. The lowest BCUT2D eigenvalue weighted by atomic mass is 10.1. The molecule has 33 heavy (non-hydrogen) atoms. The molecule has 3 aromatic carbocycles. The maximum atomic E-state index is 12.8. The van der Waals surface area contributed by atoms with Gasteiger partial charge in [-0.05, 0) is 97.9 Å². The van der Waals surface area contributed by atoms with Crippen LogP contribution in [0.1, 0.15) is 16.7 Å². The van der Waals surface area contributed by atoms with Gasteiger partial charge in [-0.3, -0.25) is 4.79 Å². The molecule has 0 saturated heterocycles. The zero-order valence-electron chi connectivity index (χ0n) is 17.8. The first-order valence-corrected chi connectivity index (χ1v) is 11.7. The Bertz CT molecular complexity index is 1230. The van der Waals surface area contributed by atoms with Gasteiger partial charge in [0, 0.05) is 14.0 Å². The van der Waals surface area contributed by atoms with Crippen LogP contribution >= 0.6 is 43.5 Å². The molecular weight excluding hydrogens is 572 g/mol. The highest BCUT2D eigenvalue weighted by atomic mass is 79.9. The second-order valence-corrected chi connectivity index (χ2v) is 9.20. The SMILES string of the molecule is COc1ccc(/C=C(\C#N)C(=O)Nc2c(Br)cc(C)cc2Br)cc1OCc1ccc(Cl)cc1. The van der Waals surface area contributed by atoms with E-state index < -0.39 is 5.91 Å². The summed E-state index contributed by atoms with van der Waals surface area (Å²) in [5.74, 6) is 0.502. The fourth-order valence-corrected chi connectivity index (χ4v) is 4.69. The van der Waals surface area contributed by atoms with Gasteiger partial charge in [0.05, 0.1) is 12.8 Å². The molecule has 1 amide bonds. The Morgan fingerprint density at radius 2 is 1.76 bits per heavy atom. The van der Waals surface area contributed by atoms with Crippen molar-refractivity contribution in [1.29, 1.82) is 5.26 Å². The van der Waals surface area contributed by atoms with Crippen LogP contribution in [-0.2, 0) is 11.4 Å². The van der Waals surface area contributed by atoms with Gasteiger partial charge in [0.25, 0.3) is 5.91 Å². The molecule has 168 valence electrons. The lowest BCUT2D eigenvalue weighted by Gasteiger charge is -2.12. The zero-order valence-corrected chi connectivity index (χ0v) is 21.7. The fourth-order valence-electron chi connectivity index (χ4n) is 2.95. The Balaban J connectivity index is 1.82. The first kappa shape index (κ1) is 24.8. The number of hydrogen-bond donors (Lipinski definition) is 1. The lowest BCUT2D eigenvalue weighted by molar-refractivity contribution is -0.112. The number of carbonyl (C=O) groups excluding carboxylic acids is 1. The molecule has 0 bridgehead atoms. The van der Waals surface area contributed by atoms with Crippen molar-refractivity contribution in [1.82, 2.24) is 0 Å². The van der Waals surface area contributed by atoms with Gasteiger partial charge in [-0.1, -0.05) is 29.8 Å².